The lowest BCUT2D eigenvalue weighted by Crippen LogP contribution is -2.14. The molecule has 0 radical (unpaired) electrons. The second-order valence-electron chi connectivity index (χ2n) is 2.53. The number of nitrogens with one attached hydrogen (secondary N) is 1. The maximum absolute atomic E-state index is 4.01. The van der Waals surface area contributed by atoms with Gasteiger partial charge in [0, 0.05) is 18.9 Å². The SMILES string of the molecule is c1cnc(NCCn2ncnn2)nc1. The van der Waals surface area contributed by atoms with Crippen LogP contribution in [0.15, 0.2) is 24.8 Å². The fourth-order valence-electron chi connectivity index (χ4n) is 0.949. The first-order valence-electron chi connectivity index (χ1n) is 4.17. The molecule has 2 aromatic rings. The summed E-state index contributed by atoms with van der Waals surface area (Å²) in [5.74, 6) is 0.604. The van der Waals surface area contributed by atoms with E-state index in [0.717, 1.165) is 0 Å². The molecule has 2 rings (SSSR count). The van der Waals surface area contributed by atoms with Crippen molar-refractivity contribution in [3.63, 3.8) is 0 Å². The number of tetrazole rings is 1. The number of aromatic nitrogens is 6. The van der Waals surface area contributed by atoms with Gasteiger partial charge in [0.15, 0.2) is 6.33 Å². The molecule has 1 N–H and O–H groups in total. The zero-order valence-corrected chi connectivity index (χ0v) is 7.41. The third kappa shape index (κ3) is 2.22. The zero-order chi connectivity index (χ0) is 9.64. The van der Waals surface area contributed by atoms with Gasteiger partial charge in [-0.05, 0) is 11.3 Å². The van der Waals surface area contributed by atoms with Gasteiger partial charge in [-0.1, -0.05) is 0 Å². The summed E-state index contributed by atoms with van der Waals surface area (Å²) < 4.78 is 0. The number of hydrogen-bond acceptors (Lipinski definition) is 6. The lowest BCUT2D eigenvalue weighted by atomic mass is 10.6. The molecule has 72 valence electrons. The first kappa shape index (κ1) is 8.54. The van der Waals surface area contributed by atoms with Crippen molar-refractivity contribution in [2.24, 2.45) is 0 Å². The molecule has 0 spiro atoms. The molecule has 0 aromatic carbocycles. The Morgan fingerprint density at radius 3 is 2.86 bits per heavy atom. The first-order valence-corrected chi connectivity index (χ1v) is 4.17. The quantitative estimate of drug-likeness (QED) is 0.706. The Morgan fingerprint density at radius 2 is 2.14 bits per heavy atom. The van der Waals surface area contributed by atoms with Gasteiger partial charge < -0.3 is 5.32 Å². The van der Waals surface area contributed by atoms with Crippen LogP contribution < -0.4 is 5.32 Å². The van der Waals surface area contributed by atoms with E-state index >= 15 is 0 Å². The molecule has 0 saturated carbocycles. The molecule has 0 fully saturated rings. The van der Waals surface area contributed by atoms with E-state index < -0.39 is 0 Å². The molecule has 7 nitrogen and oxygen atoms in total. The highest BCUT2D eigenvalue weighted by Crippen LogP contribution is 1.92. The number of nitrogens with zero attached hydrogens (tertiary/aromatic N) is 6. The van der Waals surface area contributed by atoms with Crippen LogP contribution in [0.4, 0.5) is 5.95 Å². The monoisotopic (exact) mass is 191 g/mol. The Kier molecular flexibility index (Phi) is 2.60. The van der Waals surface area contributed by atoms with E-state index in [2.05, 4.69) is 30.7 Å². The lowest BCUT2D eigenvalue weighted by Gasteiger charge is -2.01. The molecular formula is C7H9N7. The Balaban J connectivity index is 1.79. The highest BCUT2D eigenvalue weighted by Gasteiger charge is 1.94. The molecular weight excluding hydrogens is 182 g/mol. The maximum atomic E-state index is 4.01. The summed E-state index contributed by atoms with van der Waals surface area (Å²) in [6.07, 6.45) is 4.77. The van der Waals surface area contributed by atoms with Gasteiger partial charge in [0.05, 0.1) is 6.54 Å². The fourth-order valence-corrected chi connectivity index (χ4v) is 0.949. The van der Waals surface area contributed by atoms with Crippen molar-refractivity contribution in [2.45, 2.75) is 6.54 Å². The summed E-state index contributed by atoms with van der Waals surface area (Å²) in [6.45, 7) is 1.30. The second kappa shape index (κ2) is 4.26. The summed E-state index contributed by atoms with van der Waals surface area (Å²) in [6, 6.07) is 1.77. The molecule has 0 unspecified atom stereocenters. The highest BCUT2D eigenvalue weighted by molar-refractivity contribution is 5.21. The smallest absolute Gasteiger partial charge is 0.222 e. The van der Waals surface area contributed by atoms with E-state index in [9.17, 15) is 0 Å². The molecule has 0 aliphatic rings. The van der Waals surface area contributed by atoms with E-state index in [1.54, 1.807) is 18.5 Å². The summed E-state index contributed by atoms with van der Waals surface area (Å²) in [5.41, 5.74) is 0. The lowest BCUT2D eigenvalue weighted by molar-refractivity contribution is 0.538. The topological polar surface area (TPSA) is 81.4 Å². The van der Waals surface area contributed by atoms with E-state index in [-0.39, 0.29) is 0 Å². The summed E-state index contributed by atoms with van der Waals surface area (Å²) >= 11 is 0. The van der Waals surface area contributed by atoms with E-state index in [0.29, 0.717) is 19.0 Å². The van der Waals surface area contributed by atoms with Gasteiger partial charge >= 0.3 is 0 Å². The number of hydrogen-bond donors (Lipinski definition) is 1. The fraction of sp³-hybridized carbons (Fsp3) is 0.286. The van der Waals surface area contributed by atoms with Gasteiger partial charge in [-0.25, -0.2) is 9.97 Å². The number of anilines is 1. The third-order valence-electron chi connectivity index (χ3n) is 1.55. The Morgan fingerprint density at radius 1 is 1.29 bits per heavy atom. The van der Waals surface area contributed by atoms with Crippen LogP contribution in [0.2, 0.25) is 0 Å². The van der Waals surface area contributed by atoms with E-state index in [1.165, 1.54) is 11.1 Å². The van der Waals surface area contributed by atoms with Crippen molar-refractivity contribution < 1.29 is 0 Å². The zero-order valence-electron chi connectivity index (χ0n) is 7.41. The van der Waals surface area contributed by atoms with Crippen LogP contribution in [-0.4, -0.2) is 36.7 Å². The van der Waals surface area contributed by atoms with Gasteiger partial charge in [-0.3, -0.25) is 0 Å². The third-order valence-corrected chi connectivity index (χ3v) is 1.55. The number of rotatable bonds is 4. The van der Waals surface area contributed by atoms with Crippen LogP contribution >= 0.6 is 0 Å². The molecule has 0 amide bonds. The molecule has 0 aliphatic heterocycles. The Bertz CT molecular complexity index is 357. The van der Waals surface area contributed by atoms with Crippen molar-refractivity contribution in [1.82, 2.24) is 30.2 Å². The second-order valence-corrected chi connectivity index (χ2v) is 2.53. The minimum Gasteiger partial charge on any atom is -0.352 e. The van der Waals surface area contributed by atoms with Gasteiger partial charge in [0.25, 0.3) is 0 Å². The van der Waals surface area contributed by atoms with Gasteiger partial charge in [-0.2, -0.15) is 4.80 Å². The Labute approximate surface area is 80.2 Å². The van der Waals surface area contributed by atoms with Crippen molar-refractivity contribution >= 4 is 5.95 Å². The first-order chi connectivity index (χ1) is 6.95. The average molecular weight is 191 g/mol. The minimum absolute atomic E-state index is 0.604. The molecule has 2 aromatic heterocycles. The van der Waals surface area contributed by atoms with Gasteiger partial charge in [0.2, 0.25) is 5.95 Å². The summed E-state index contributed by atoms with van der Waals surface area (Å²) in [7, 11) is 0. The van der Waals surface area contributed by atoms with Crippen molar-refractivity contribution in [3.8, 4) is 0 Å². The summed E-state index contributed by atoms with van der Waals surface area (Å²) in [4.78, 5) is 9.52. The van der Waals surface area contributed by atoms with E-state index in [4.69, 9.17) is 0 Å². The van der Waals surface area contributed by atoms with E-state index in [1.807, 2.05) is 0 Å². The van der Waals surface area contributed by atoms with Gasteiger partial charge in [-0.15, -0.1) is 10.2 Å². The maximum Gasteiger partial charge on any atom is 0.222 e. The molecule has 0 aliphatic carbocycles. The Hall–Kier alpha value is -2.05. The largest absolute Gasteiger partial charge is 0.352 e. The molecule has 2 heterocycles. The van der Waals surface area contributed by atoms with Gasteiger partial charge in [0.1, 0.15) is 0 Å². The van der Waals surface area contributed by atoms with Crippen LogP contribution in [0.3, 0.4) is 0 Å². The highest BCUT2D eigenvalue weighted by atomic mass is 15.6. The minimum atomic E-state index is 0.604. The summed E-state index contributed by atoms with van der Waals surface area (Å²) in [5, 5.41) is 14.2. The van der Waals surface area contributed by atoms with Crippen LogP contribution in [-0.2, 0) is 6.54 Å². The van der Waals surface area contributed by atoms with Crippen LogP contribution in [0, 0.1) is 0 Å². The van der Waals surface area contributed by atoms with Crippen LogP contribution in [0.25, 0.3) is 0 Å². The van der Waals surface area contributed by atoms with Crippen LogP contribution in [0.5, 0.6) is 0 Å². The molecule has 0 saturated heterocycles. The predicted octanol–water partition coefficient (Wildman–Crippen LogP) is -0.425. The predicted molar refractivity (Wildman–Crippen MR) is 48.3 cm³/mol. The molecule has 0 atom stereocenters. The molecule has 14 heavy (non-hydrogen) atoms. The molecule has 0 bridgehead atoms. The van der Waals surface area contributed by atoms with Crippen molar-refractivity contribution in [2.75, 3.05) is 11.9 Å². The molecule has 7 heteroatoms. The normalized spacial score (nSPS) is 10.0. The average Bonchev–Trinajstić information content (AvgIpc) is 2.72. The standard InChI is InChI=1S/C7H9N7/c1-2-8-7(9-3-1)10-4-5-14-12-6-11-13-14/h1-3,6H,4-5H2,(H,8,9,10). The van der Waals surface area contributed by atoms with Crippen molar-refractivity contribution in [3.05, 3.63) is 24.8 Å². The van der Waals surface area contributed by atoms with Crippen LogP contribution in [0.1, 0.15) is 0 Å². The van der Waals surface area contributed by atoms with Crippen molar-refractivity contribution in [1.29, 1.82) is 0 Å².